The number of hydrogen-bond donors (Lipinski definition) is 0. The van der Waals surface area contributed by atoms with Gasteiger partial charge in [0.1, 0.15) is 0 Å². The first kappa shape index (κ1) is 49.7. The first-order valence-electron chi connectivity index (χ1n) is 29.2. The van der Waals surface area contributed by atoms with Crippen molar-refractivity contribution in [3.63, 3.8) is 0 Å². The van der Waals surface area contributed by atoms with Gasteiger partial charge in [0.2, 0.25) is 0 Å². The second-order valence-corrected chi connectivity index (χ2v) is 21.8. The molecule has 0 aliphatic carbocycles. The normalized spacial score (nSPS) is 11.7. The Morgan fingerprint density at radius 2 is 0.425 bits per heavy atom. The number of nitrogens with zero attached hydrogens (tertiary/aromatic N) is 9. The molecule has 9 heteroatoms. The Kier molecular flexibility index (Phi) is 11.7. The highest BCUT2D eigenvalue weighted by Gasteiger charge is 2.33. The van der Waals surface area contributed by atoms with Gasteiger partial charge in [-0.15, -0.1) is 0 Å². The van der Waals surface area contributed by atoms with Crippen LogP contribution in [-0.4, -0.2) is 43.6 Å². The van der Waals surface area contributed by atoms with Crippen molar-refractivity contribution in [2.24, 2.45) is 0 Å². The molecule has 0 N–H and O–H groups in total. The lowest BCUT2D eigenvalue weighted by atomic mass is 9.99. The lowest BCUT2D eigenvalue weighted by Crippen LogP contribution is -2.14. The van der Waals surface area contributed by atoms with Crippen LogP contribution in [0.1, 0.15) is 0 Å². The van der Waals surface area contributed by atoms with Crippen LogP contribution >= 0.6 is 0 Å². The Labute approximate surface area is 500 Å². The van der Waals surface area contributed by atoms with Crippen molar-refractivity contribution in [1.29, 1.82) is 0 Å². The molecule has 0 spiro atoms. The summed E-state index contributed by atoms with van der Waals surface area (Å²) in [4.78, 5) is 33.3. The first-order valence-corrected chi connectivity index (χ1v) is 29.2. The van der Waals surface area contributed by atoms with E-state index in [1.807, 2.05) is 72.8 Å². The largest absolute Gasteiger partial charge is 0.306 e. The third-order valence-corrected chi connectivity index (χ3v) is 16.7. The quantitative estimate of drug-likeness (QED) is 0.135. The van der Waals surface area contributed by atoms with E-state index in [1.165, 1.54) is 0 Å². The summed E-state index contributed by atoms with van der Waals surface area (Å²) in [5.74, 6) is 3.05. The Morgan fingerprint density at radius 3 is 0.759 bits per heavy atom. The Balaban J connectivity index is 1.16. The van der Waals surface area contributed by atoms with Crippen LogP contribution in [0.3, 0.4) is 0 Å². The monoisotopic (exact) mass is 1110 g/mol. The van der Waals surface area contributed by atoms with Gasteiger partial charge in [0, 0.05) is 65.7 Å². The summed E-state index contributed by atoms with van der Waals surface area (Å²) in [6.45, 7) is 0. The fraction of sp³-hybridized carbons (Fsp3) is 0. The van der Waals surface area contributed by atoms with Crippen molar-refractivity contribution in [2.75, 3.05) is 0 Å². The number of rotatable bonds is 10. The molecule has 0 aliphatic heterocycles. The number of aromatic nitrogens is 9. The van der Waals surface area contributed by atoms with Gasteiger partial charge in [0.25, 0.3) is 0 Å². The van der Waals surface area contributed by atoms with Crippen molar-refractivity contribution < 1.29 is 0 Å². The smallest absolute Gasteiger partial charge is 0.166 e. The Morgan fingerprint density at radius 1 is 0.172 bits per heavy atom. The van der Waals surface area contributed by atoms with Gasteiger partial charge in [-0.2, -0.15) is 0 Å². The Hall–Kier alpha value is -11.9. The summed E-state index contributed by atoms with van der Waals surface area (Å²) in [6.07, 6.45) is 0. The molecule has 0 unspecified atom stereocenters. The highest BCUT2D eigenvalue weighted by molar-refractivity contribution is 6.16. The summed E-state index contributed by atoms with van der Waals surface area (Å²) < 4.78 is 7.38. The highest BCUT2D eigenvalue weighted by atomic mass is 15.1. The minimum atomic E-state index is 0.462. The molecule has 0 fully saturated rings. The number of benzene rings is 12. The zero-order valence-electron chi connectivity index (χ0n) is 46.8. The summed E-state index contributed by atoms with van der Waals surface area (Å²) >= 11 is 0. The average Bonchev–Trinajstić information content (AvgIpc) is 1.92. The second-order valence-electron chi connectivity index (χ2n) is 21.8. The topological polar surface area (TPSA) is 92.1 Å². The van der Waals surface area contributed by atoms with E-state index in [4.69, 9.17) is 29.9 Å². The van der Waals surface area contributed by atoms with Crippen LogP contribution in [0.4, 0.5) is 0 Å². The minimum Gasteiger partial charge on any atom is -0.306 e. The summed E-state index contributed by atoms with van der Waals surface area (Å²) in [7, 11) is 0. The van der Waals surface area contributed by atoms with E-state index in [0.717, 1.165) is 127 Å². The molecular weight excluding hydrogens is 1060 g/mol. The molecule has 0 amide bonds. The lowest BCUT2D eigenvalue weighted by molar-refractivity contribution is 1.02. The molecule has 0 saturated carbocycles. The van der Waals surface area contributed by atoms with Crippen LogP contribution in [0.25, 0.3) is 162 Å². The first-order chi connectivity index (χ1) is 43.2. The number of fused-ring (bicyclic) bond motifs is 9. The fourth-order valence-corrected chi connectivity index (χ4v) is 12.9. The number of hydrogen-bond acceptors (Lipinski definition) is 6. The van der Waals surface area contributed by atoms with Gasteiger partial charge < -0.3 is 13.7 Å². The highest BCUT2D eigenvalue weighted by Crippen LogP contribution is 2.50. The maximum atomic E-state index is 5.67. The summed E-state index contributed by atoms with van der Waals surface area (Å²) in [5, 5.41) is 6.59. The van der Waals surface area contributed by atoms with Crippen LogP contribution < -0.4 is 0 Å². The lowest BCUT2D eigenvalue weighted by Gasteiger charge is -2.27. The maximum Gasteiger partial charge on any atom is 0.166 e. The SMILES string of the molecule is c1ccc(-c2ccc3c(c2)c2ccccc2n3-c2c(-n3c4ccccc4c4ccccc43)c(-c3nc(-c4ccccc4)nc(-c4ccccc4)n3)cc(-c3nc(-c4ccccc4)nc(-c4ccccc4)n3)c2-n2c3ccccc3c3ccccc32)cc1. The van der Waals surface area contributed by atoms with E-state index in [-0.39, 0.29) is 0 Å². The standard InChI is InChI=1S/C78H49N9/c1-6-26-50(27-7-1)55-46-47-69-61(48-55)60-40-20-25-45-68(60)87(69)72-70(85-64-41-21-16-36-56(64)57-37-17-22-42-65(57)85)62(77-81-73(51-28-8-2-9-29-51)79-74(82-77)52-30-10-3-11-31-52)49-63(71(72)86-66-43-23-18-38-58(66)59-39-19-24-44-67(59)86)78-83-75(53-32-12-4-13-33-53)80-76(84-78)54-34-14-5-15-35-54/h1-49H. The molecule has 9 nitrogen and oxygen atoms in total. The van der Waals surface area contributed by atoms with Crippen LogP contribution in [0.15, 0.2) is 297 Å². The van der Waals surface area contributed by atoms with Crippen molar-refractivity contribution in [2.45, 2.75) is 0 Å². The predicted octanol–water partition coefficient (Wildman–Crippen LogP) is 19.0. The van der Waals surface area contributed by atoms with E-state index in [2.05, 4.69) is 238 Å². The van der Waals surface area contributed by atoms with Crippen LogP contribution in [0.2, 0.25) is 0 Å². The zero-order chi connectivity index (χ0) is 57.4. The summed E-state index contributed by atoms with van der Waals surface area (Å²) in [6, 6.07) is 104. The molecule has 406 valence electrons. The molecule has 0 atom stereocenters. The molecule has 17 aromatic rings. The van der Waals surface area contributed by atoms with E-state index in [0.29, 0.717) is 34.9 Å². The van der Waals surface area contributed by atoms with Gasteiger partial charge in [-0.1, -0.05) is 249 Å². The van der Waals surface area contributed by atoms with Gasteiger partial charge in [-0.3, -0.25) is 0 Å². The maximum absolute atomic E-state index is 5.67. The molecule has 87 heavy (non-hydrogen) atoms. The predicted molar refractivity (Wildman–Crippen MR) is 354 cm³/mol. The molecule has 0 radical (unpaired) electrons. The number of para-hydroxylation sites is 5. The van der Waals surface area contributed by atoms with Crippen molar-refractivity contribution in [3.8, 4) is 96.5 Å². The molecule has 5 aromatic heterocycles. The van der Waals surface area contributed by atoms with E-state index >= 15 is 0 Å². The van der Waals surface area contributed by atoms with Crippen LogP contribution in [0.5, 0.6) is 0 Å². The minimum absolute atomic E-state index is 0.462. The van der Waals surface area contributed by atoms with Gasteiger partial charge in [0.05, 0.1) is 50.2 Å². The van der Waals surface area contributed by atoms with Gasteiger partial charge >= 0.3 is 0 Å². The second kappa shape index (κ2) is 20.4. The summed E-state index contributed by atoms with van der Waals surface area (Å²) in [5.41, 5.74) is 15.7. The van der Waals surface area contributed by atoms with E-state index in [9.17, 15) is 0 Å². The van der Waals surface area contributed by atoms with E-state index < -0.39 is 0 Å². The van der Waals surface area contributed by atoms with Gasteiger partial charge in [0.15, 0.2) is 34.9 Å². The van der Waals surface area contributed by atoms with Crippen molar-refractivity contribution >= 4 is 65.4 Å². The van der Waals surface area contributed by atoms with Crippen molar-refractivity contribution in [1.82, 2.24) is 43.6 Å². The van der Waals surface area contributed by atoms with Crippen molar-refractivity contribution in [3.05, 3.63) is 297 Å². The third-order valence-electron chi connectivity index (χ3n) is 16.7. The molecule has 5 heterocycles. The Bertz CT molecular complexity index is 5020. The molecule has 0 saturated heterocycles. The fourth-order valence-electron chi connectivity index (χ4n) is 12.9. The molecule has 0 bridgehead atoms. The molecular formula is C78H49N9. The van der Waals surface area contributed by atoms with Crippen LogP contribution in [-0.2, 0) is 0 Å². The van der Waals surface area contributed by atoms with Crippen LogP contribution in [0, 0.1) is 0 Å². The van der Waals surface area contributed by atoms with Gasteiger partial charge in [-0.25, -0.2) is 29.9 Å². The molecule has 0 aliphatic rings. The molecule has 12 aromatic carbocycles. The average molecular weight is 1110 g/mol. The molecule has 17 rings (SSSR count). The zero-order valence-corrected chi connectivity index (χ0v) is 46.8. The van der Waals surface area contributed by atoms with E-state index in [1.54, 1.807) is 0 Å². The van der Waals surface area contributed by atoms with Gasteiger partial charge in [-0.05, 0) is 59.7 Å². The third kappa shape index (κ3) is 8.24.